The summed E-state index contributed by atoms with van der Waals surface area (Å²) in [4.78, 5) is 24.2. The first-order chi connectivity index (χ1) is 8.58. The van der Waals surface area contributed by atoms with Crippen LogP contribution in [-0.4, -0.2) is 47.7 Å². The number of morpholine rings is 1. The van der Waals surface area contributed by atoms with Gasteiger partial charge in [-0.1, -0.05) is 0 Å². The first kappa shape index (κ1) is 12.5. The number of rotatable bonds is 2. The molecule has 1 aromatic carbocycles. The van der Waals surface area contributed by atoms with Gasteiger partial charge in [-0.05, 0) is 24.3 Å². The van der Waals surface area contributed by atoms with E-state index in [4.69, 9.17) is 9.84 Å². The lowest BCUT2D eigenvalue weighted by atomic mass is 10.1. The fourth-order valence-corrected chi connectivity index (χ4v) is 1.76. The molecule has 96 valence electrons. The van der Waals surface area contributed by atoms with Crippen LogP contribution in [0.25, 0.3) is 0 Å². The number of hydrogen-bond donors (Lipinski definition) is 1. The molecule has 1 atom stereocenters. The number of hydrogen-bond acceptors (Lipinski definition) is 3. The summed E-state index contributed by atoms with van der Waals surface area (Å²) in [5.74, 6) is -1.83. The highest BCUT2D eigenvalue weighted by molar-refractivity contribution is 5.94. The Kier molecular flexibility index (Phi) is 3.57. The first-order valence-corrected chi connectivity index (χ1v) is 5.47. The van der Waals surface area contributed by atoms with Gasteiger partial charge in [0, 0.05) is 12.1 Å². The van der Waals surface area contributed by atoms with Crippen molar-refractivity contribution in [2.45, 2.75) is 6.10 Å². The van der Waals surface area contributed by atoms with E-state index in [2.05, 4.69) is 0 Å². The van der Waals surface area contributed by atoms with E-state index in [1.807, 2.05) is 0 Å². The van der Waals surface area contributed by atoms with Crippen LogP contribution in [-0.2, 0) is 9.53 Å². The average molecular weight is 253 g/mol. The highest BCUT2D eigenvalue weighted by atomic mass is 19.1. The number of benzene rings is 1. The number of halogens is 1. The van der Waals surface area contributed by atoms with Crippen molar-refractivity contribution in [3.8, 4) is 0 Å². The Bertz CT molecular complexity index is 460. The van der Waals surface area contributed by atoms with E-state index in [1.54, 1.807) is 0 Å². The molecule has 1 heterocycles. The van der Waals surface area contributed by atoms with E-state index in [0.29, 0.717) is 12.1 Å². The zero-order valence-corrected chi connectivity index (χ0v) is 9.51. The Morgan fingerprint density at radius 1 is 1.33 bits per heavy atom. The molecule has 1 aliphatic heterocycles. The first-order valence-electron chi connectivity index (χ1n) is 5.47. The van der Waals surface area contributed by atoms with Gasteiger partial charge in [0.1, 0.15) is 5.82 Å². The van der Waals surface area contributed by atoms with Crippen LogP contribution in [0.4, 0.5) is 4.39 Å². The summed E-state index contributed by atoms with van der Waals surface area (Å²) >= 11 is 0. The van der Waals surface area contributed by atoms with Gasteiger partial charge in [-0.15, -0.1) is 0 Å². The van der Waals surface area contributed by atoms with Gasteiger partial charge in [0.25, 0.3) is 5.91 Å². The number of carbonyl (C=O) groups excluding carboxylic acids is 1. The zero-order chi connectivity index (χ0) is 13.1. The zero-order valence-electron chi connectivity index (χ0n) is 9.51. The van der Waals surface area contributed by atoms with Crippen LogP contribution < -0.4 is 0 Å². The maximum Gasteiger partial charge on any atom is 0.334 e. The molecule has 1 fully saturated rings. The molecule has 1 amide bonds. The second kappa shape index (κ2) is 5.14. The van der Waals surface area contributed by atoms with Crippen molar-refractivity contribution in [1.29, 1.82) is 0 Å². The Morgan fingerprint density at radius 3 is 2.61 bits per heavy atom. The van der Waals surface area contributed by atoms with E-state index in [1.165, 1.54) is 29.2 Å². The third-order valence-electron chi connectivity index (χ3n) is 2.72. The highest BCUT2D eigenvalue weighted by Gasteiger charge is 2.29. The largest absolute Gasteiger partial charge is 0.479 e. The second-order valence-corrected chi connectivity index (χ2v) is 3.96. The van der Waals surface area contributed by atoms with Crippen molar-refractivity contribution in [3.05, 3.63) is 35.6 Å². The van der Waals surface area contributed by atoms with Gasteiger partial charge in [0.05, 0.1) is 13.2 Å². The normalized spacial score (nSPS) is 19.6. The Balaban J connectivity index is 2.09. The fraction of sp³-hybridized carbons (Fsp3) is 0.333. The molecule has 0 saturated carbocycles. The lowest BCUT2D eigenvalue weighted by molar-refractivity contribution is -0.154. The standard InChI is InChI=1S/C12H12FNO4/c13-9-3-1-8(2-4-9)11(15)14-5-6-18-10(7-14)12(16)17/h1-4,10H,5-7H2,(H,16,17). The van der Waals surface area contributed by atoms with Gasteiger partial charge in [0.2, 0.25) is 0 Å². The molecule has 0 bridgehead atoms. The van der Waals surface area contributed by atoms with Crippen molar-refractivity contribution in [2.75, 3.05) is 19.7 Å². The van der Waals surface area contributed by atoms with Crippen LogP contribution in [0.2, 0.25) is 0 Å². The van der Waals surface area contributed by atoms with Crippen molar-refractivity contribution in [3.63, 3.8) is 0 Å². The van der Waals surface area contributed by atoms with Gasteiger partial charge in [-0.3, -0.25) is 4.79 Å². The number of nitrogens with zero attached hydrogens (tertiary/aromatic N) is 1. The number of amides is 1. The van der Waals surface area contributed by atoms with E-state index in [0.717, 1.165) is 0 Å². The van der Waals surface area contributed by atoms with Crippen molar-refractivity contribution >= 4 is 11.9 Å². The third kappa shape index (κ3) is 2.65. The van der Waals surface area contributed by atoms with Gasteiger partial charge in [-0.25, -0.2) is 9.18 Å². The quantitative estimate of drug-likeness (QED) is 0.844. The molecule has 0 aliphatic carbocycles. The molecule has 2 rings (SSSR count). The molecule has 0 radical (unpaired) electrons. The molecule has 18 heavy (non-hydrogen) atoms. The lowest BCUT2D eigenvalue weighted by Crippen LogP contribution is -2.48. The summed E-state index contributed by atoms with van der Waals surface area (Å²) in [5, 5.41) is 8.83. The van der Waals surface area contributed by atoms with Crippen molar-refractivity contribution < 1.29 is 23.8 Å². The molecule has 1 unspecified atom stereocenters. The maximum absolute atomic E-state index is 12.7. The summed E-state index contributed by atoms with van der Waals surface area (Å²) in [7, 11) is 0. The molecule has 1 aromatic rings. The lowest BCUT2D eigenvalue weighted by Gasteiger charge is -2.30. The minimum atomic E-state index is -1.09. The monoisotopic (exact) mass is 253 g/mol. The van der Waals surface area contributed by atoms with Crippen LogP contribution >= 0.6 is 0 Å². The predicted molar refractivity (Wildman–Crippen MR) is 59.7 cm³/mol. The maximum atomic E-state index is 12.7. The molecule has 6 heteroatoms. The molecular formula is C12H12FNO4. The van der Waals surface area contributed by atoms with E-state index in [9.17, 15) is 14.0 Å². The number of carbonyl (C=O) groups is 2. The molecule has 0 spiro atoms. The van der Waals surface area contributed by atoms with Crippen molar-refractivity contribution in [1.82, 2.24) is 4.90 Å². The summed E-state index contributed by atoms with van der Waals surface area (Å²) in [6.07, 6.45) is -0.997. The van der Waals surface area contributed by atoms with E-state index >= 15 is 0 Å². The second-order valence-electron chi connectivity index (χ2n) is 3.96. The van der Waals surface area contributed by atoms with Crippen LogP contribution in [0, 0.1) is 5.82 Å². The fourth-order valence-electron chi connectivity index (χ4n) is 1.76. The van der Waals surface area contributed by atoms with Crippen LogP contribution in [0.1, 0.15) is 10.4 Å². The van der Waals surface area contributed by atoms with Crippen LogP contribution in [0.5, 0.6) is 0 Å². The number of aliphatic carboxylic acids is 1. The van der Waals surface area contributed by atoms with Crippen LogP contribution in [0.3, 0.4) is 0 Å². The average Bonchev–Trinajstić information content (AvgIpc) is 2.39. The van der Waals surface area contributed by atoms with E-state index in [-0.39, 0.29) is 19.1 Å². The van der Waals surface area contributed by atoms with Gasteiger partial charge < -0.3 is 14.7 Å². The van der Waals surface area contributed by atoms with Gasteiger partial charge in [0.15, 0.2) is 6.10 Å². The SMILES string of the molecule is O=C(O)C1CN(C(=O)c2ccc(F)cc2)CCO1. The van der Waals surface area contributed by atoms with Crippen LogP contribution in [0.15, 0.2) is 24.3 Å². The predicted octanol–water partition coefficient (Wildman–Crippen LogP) is 0.751. The molecule has 0 aromatic heterocycles. The minimum Gasteiger partial charge on any atom is -0.479 e. The number of carboxylic acids is 1. The summed E-state index contributed by atoms with van der Waals surface area (Å²) in [5.41, 5.74) is 0.336. The highest BCUT2D eigenvalue weighted by Crippen LogP contribution is 2.11. The summed E-state index contributed by atoms with van der Waals surface area (Å²) in [6, 6.07) is 5.15. The summed E-state index contributed by atoms with van der Waals surface area (Å²) < 4.78 is 17.8. The molecule has 1 aliphatic rings. The Labute approximate surface area is 103 Å². The Hall–Kier alpha value is -1.95. The van der Waals surface area contributed by atoms with Gasteiger partial charge >= 0.3 is 5.97 Å². The molecule has 1 N–H and O–H groups in total. The van der Waals surface area contributed by atoms with Gasteiger partial charge in [-0.2, -0.15) is 0 Å². The minimum absolute atomic E-state index is 0.00550. The van der Waals surface area contributed by atoms with E-state index < -0.39 is 17.9 Å². The topological polar surface area (TPSA) is 66.8 Å². The smallest absolute Gasteiger partial charge is 0.334 e. The number of carboxylic acid groups (broad SMARTS) is 1. The Morgan fingerprint density at radius 2 is 2.00 bits per heavy atom. The molecular weight excluding hydrogens is 241 g/mol. The summed E-state index contributed by atoms with van der Waals surface area (Å²) in [6.45, 7) is 0.523. The van der Waals surface area contributed by atoms with Crippen molar-refractivity contribution in [2.24, 2.45) is 0 Å². The molecule has 1 saturated heterocycles. The number of ether oxygens (including phenoxy) is 1. The molecule has 5 nitrogen and oxygen atoms in total. The third-order valence-corrected chi connectivity index (χ3v) is 2.72.